The van der Waals surface area contributed by atoms with E-state index in [0.717, 1.165) is 31.6 Å². The van der Waals surface area contributed by atoms with Crippen LogP contribution < -0.4 is 11.1 Å². The van der Waals surface area contributed by atoms with E-state index in [1.54, 1.807) is 6.07 Å². The molecule has 6 heteroatoms. The summed E-state index contributed by atoms with van der Waals surface area (Å²) in [6, 6.07) is 3.61. The van der Waals surface area contributed by atoms with E-state index in [4.69, 9.17) is 5.73 Å². The predicted molar refractivity (Wildman–Crippen MR) is 74.4 cm³/mol. The Labute approximate surface area is 118 Å². The molecule has 2 rings (SSSR count). The molecule has 3 N–H and O–H groups in total. The molecule has 0 aliphatic carbocycles. The Bertz CT molecular complexity index is 443. The summed E-state index contributed by atoms with van der Waals surface area (Å²) in [4.78, 5) is 17.0. The Morgan fingerprint density at radius 1 is 1.55 bits per heavy atom. The molecular formula is C14H21FN4O. The molecule has 1 fully saturated rings. The highest BCUT2D eigenvalue weighted by Crippen LogP contribution is 2.16. The SMILES string of the molecule is CC(NC1CCN(CC(N)=O)CC1)c1ccc(F)cn1. The smallest absolute Gasteiger partial charge is 0.231 e. The fourth-order valence-electron chi connectivity index (χ4n) is 2.56. The number of aromatic nitrogens is 1. The molecule has 20 heavy (non-hydrogen) atoms. The summed E-state index contributed by atoms with van der Waals surface area (Å²) in [5, 5.41) is 3.50. The number of carbonyl (C=O) groups is 1. The van der Waals surface area contributed by atoms with Crippen LogP contribution in [0, 0.1) is 5.82 Å². The normalized spacial score (nSPS) is 18.9. The van der Waals surface area contributed by atoms with Gasteiger partial charge in [0.15, 0.2) is 0 Å². The van der Waals surface area contributed by atoms with Gasteiger partial charge in [-0.25, -0.2) is 4.39 Å². The summed E-state index contributed by atoms with van der Waals surface area (Å²) in [7, 11) is 0. The maximum absolute atomic E-state index is 12.8. The number of halogens is 1. The molecule has 1 aliphatic rings. The van der Waals surface area contributed by atoms with Crippen LogP contribution in [0.15, 0.2) is 18.3 Å². The van der Waals surface area contributed by atoms with Crippen molar-refractivity contribution < 1.29 is 9.18 Å². The summed E-state index contributed by atoms with van der Waals surface area (Å²) in [6.45, 7) is 4.09. The topological polar surface area (TPSA) is 71.2 Å². The molecule has 1 aliphatic heterocycles. The van der Waals surface area contributed by atoms with Crippen LogP contribution in [0.25, 0.3) is 0 Å². The van der Waals surface area contributed by atoms with Crippen molar-refractivity contribution in [3.05, 3.63) is 29.8 Å². The predicted octanol–water partition coefficient (Wildman–Crippen LogP) is 0.821. The van der Waals surface area contributed by atoms with Gasteiger partial charge in [-0.3, -0.25) is 14.7 Å². The van der Waals surface area contributed by atoms with Gasteiger partial charge in [-0.2, -0.15) is 0 Å². The Balaban J connectivity index is 1.80. The van der Waals surface area contributed by atoms with Crippen molar-refractivity contribution in [1.29, 1.82) is 0 Å². The number of nitrogens with one attached hydrogen (secondary N) is 1. The summed E-state index contributed by atoms with van der Waals surface area (Å²) in [6.07, 6.45) is 3.18. The van der Waals surface area contributed by atoms with E-state index in [0.29, 0.717) is 12.6 Å². The zero-order chi connectivity index (χ0) is 14.5. The van der Waals surface area contributed by atoms with E-state index < -0.39 is 0 Å². The van der Waals surface area contributed by atoms with Gasteiger partial charge in [0.05, 0.1) is 18.4 Å². The fourth-order valence-corrected chi connectivity index (χ4v) is 2.56. The van der Waals surface area contributed by atoms with Crippen molar-refractivity contribution in [3.8, 4) is 0 Å². The first-order valence-electron chi connectivity index (χ1n) is 6.93. The lowest BCUT2D eigenvalue weighted by Gasteiger charge is -2.33. The maximum Gasteiger partial charge on any atom is 0.231 e. The van der Waals surface area contributed by atoms with E-state index in [2.05, 4.69) is 15.2 Å². The molecule has 2 heterocycles. The standard InChI is InChI=1S/C14H21FN4O/c1-10(13-3-2-11(15)8-17-13)18-12-4-6-19(7-5-12)9-14(16)20/h2-3,8,10,12,18H,4-7,9H2,1H3,(H2,16,20). The Hall–Kier alpha value is -1.53. The Morgan fingerprint density at radius 3 is 2.80 bits per heavy atom. The van der Waals surface area contributed by atoms with Crippen molar-refractivity contribution in [2.75, 3.05) is 19.6 Å². The van der Waals surface area contributed by atoms with Crippen LogP contribution in [-0.4, -0.2) is 41.5 Å². The third kappa shape index (κ3) is 4.25. The fraction of sp³-hybridized carbons (Fsp3) is 0.571. The number of piperidine rings is 1. The number of hydrogen-bond donors (Lipinski definition) is 2. The number of nitrogens with zero attached hydrogens (tertiary/aromatic N) is 2. The lowest BCUT2D eigenvalue weighted by Crippen LogP contribution is -2.45. The Kier molecular flexibility index (Phi) is 5.03. The Morgan fingerprint density at radius 2 is 2.25 bits per heavy atom. The van der Waals surface area contributed by atoms with E-state index in [-0.39, 0.29) is 17.8 Å². The minimum atomic E-state index is -0.319. The molecule has 0 radical (unpaired) electrons. The number of pyridine rings is 1. The third-order valence-corrected chi connectivity index (χ3v) is 3.65. The van der Waals surface area contributed by atoms with Crippen LogP contribution in [-0.2, 0) is 4.79 Å². The second-order valence-corrected chi connectivity index (χ2v) is 5.31. The van der Waals surface area contributed by atoms with Gasteiger partial charge in [-0.1, -0.05) is 0 Å². The van der Waals surface area contributed by atoms with E-state index in [9.17, 15) is 9.18 Å². The van der Waals surface area contributed by atoms with Crippen molar-refractivity contribution in [3.63, 3.8) is 0 Å². The van der Waals surface area contributed by atoms with Crippen LogP contribution in [0.2, 0.25) is 0 Å². The molecule has 0 spiro atoms. The largest absolute Gasteiger partial charge is 0.369 e. The van der Waals surface area contributed by atoms with E-state index in [1.807, 2.05) is 6.92 Å². The first-order valence-corrected chi connectivity index (χ1v) is 6.93. The lowest BCUT2D eigenvalue weighted by molar-refractivity contribution is -0.119. The zero-order valence-electron chi connectivity index (χ0n) is 11.7. The van der Waals surface area contributed by atoms with Crippen LogP contribution in [0.3, 0.4) is 0 Å². The first-order chi connectivity index (χ1) is 9.54. The number of nitrogens with two attached hydrogens (primary N) is 1. The highest BCUT2D eigenvalue weighted by atomic mass is 19.1. The van der Waals surface area contributed by atoms with Gasteiger partial charge >= 0.3 is 0 Å². The molecule has 1 atom stereocenters. The van der Waals surface area contributed by atoms with Gasteiger partial charge in [0.25, 0.3) is 0 Å². The monoisotopic (exact) mass is 280 g/mol. The van der Waals surface area contributed by atoms with Crippen LogP contribution in [0.4, 0.5) is 4.39 Å². The molecule has 110 valence electrons. The highest BCUT2D eigenvalue weighted by molar-refractivity contribution is 5.75. The highest BCUT2D eigenvalue weighted by Gasteiger charge is 2.21. The lowest BCUT2D eigenvalue weighted by atomic mass is 10.0. The number of hydrogen-bond acceptors (Lipinski definition) is 4. The average molecular weight is 280 g/mol. The maximum atomic E-state index is 12.8. The molecule has 0 aromatic carbocycles. The van der Waals surface area contributed by atoms with Crippen molar-refractivity contribution in [1.82, 2.24) is 15.2 Å². The minimum Gasteiger partial charge on any atom is -0.369 e. The summed E-state index contributed by atoms with van der Waals surface area (Å²) in [5.41, 5.74) is 6.03. The summed E-state index contributed by atoms with van der Waals surface area (Å²) < 4.78 is 12.8. The molecule has 1 aromatic rings. The minimum absolute atomic E-state index is 0.0864. The van der Waals surface area contributed by atoms with Gasteiger partial charge in [-0.05, 0) is 31.9 Å². The molecule has 1 amide bonds. The second-order valence-electron chi connectivity index (χ2n) is 5.31. The number of primary amides is 1. The van der Waals surface area contributed by atoms with Crippen molar-refractivity contribution >= 4 is 5.91 Å². The molecule has 1 aromatic heterocycles. The van der Waals surface area contributed by atoms with Gasteiger partial charge in [0, 0.05) is 25.2 Å². The van der Waals surface area contributed by atoms with Crippen LogP contribution in [0.1, 0.15) is 31.5 Å². The third-order valence-electron chi connectivity index (χ3n) is 3.65. The van der Waals surface area contributed by atoms with Gasteiger partial charge in [0.2, 0.25) is 5.91 Å². The molecular weight excluding hydrogens is 259 g/mol. The van der Waals surface area contributed by atoms with Gasteiger partial charge in [0.1, 0.15) is 5.82 Å². The second kappa shape index (κ2) is 6.76. The average Bonchev–Trinajstić information content (AvgIpc) is 2.41. The molecule has 0 bridgehead atoms. The molecule has 5 nitrogen and oxygen atoms in total. The summed E-state index contributed by atoms with van der Waals surface area (Å²) >= 11 is 0. The van der Waals surface area contributed by atoms with Gasteiger partial charge < -0.3 is 11.1 Å². The van der Waals surface area contributed by atoms with Crippen LogP contribution in [0.5, 0.6) is 0 Å². The van der Waals surface area contributed by atoms with Gasteiger partial charge in [-0.15, -0.1) is 0 Å². The van der Waals surface area contributed by atoms with Crippen LogP contribution >= 0.6 is 0 Å². The number of amides is 1. The van der Waals surface area contributed by atoms with Crippen molar-refractivity contribution in [2.24, 2.45) is 5.73 Å². The number of carbonyl (C=O) groups excluding carboxylic acids is 1. The number of rotatable bonds is 5. The zero-order valence-corrected chi connectivity index (χ0v) is 11.7. The quantitative estimate of drug-likeness (QED) is 0.837. The first kappa shape index (κ1) is 14.9. The number of likely N-dealkylation sites (tertiary alicyclic amines) is 1. The molecule has 1 unspecified atom stereocenters. The molecule has 1 saturated heterocycles. The summed E-state index contributed by atoms with van der Waals surface area (Å²) in [5.74, 6) is -0.596. The van der Waals surface area contributed by atoms with Crippen molar-refractivity contribution in [2.45, 2.75) is 31.8 Å². The molecule has 0 saturated carbocycles. The van der Waals surface area contributed by atoms with E-state index >= 15 is 0 Å². The van der Waals surface area contributed by atoms with E-state index in [1.165, 1.54) is 12.3 Å².